The molecule has 4 heteroatoms. The van der Waals surface area contributed by atoms with Gasteiger partial charge in [0.2, 0.25) is 0 Å². The van der Waals surface area contributed by atoms with Crippen LogP contribution in [0.5, 0.6) is 0 Å². The van der Waals surface area contributed by atoms with E-state index in [1.54, 1.807) is 0 Å². The summed E-state index contributed by atoms with van der Waals surface area (Å²) < 4.78 is 1.84. The fraction of sp³-hybridized carbons (Fsp3) is 0.400. The van der Waals surface area contributed by atoms with Gasteiger partial charge in [-0.2, -0.15) is 0 Å². The minimum Gasteiger partial charge on any atom is -0.296 e. The normalized spacial score (nSPS) is 10.6. The zero-order valence-corrected chi connectivity index (χ0v) is 11.5. The number of hydrogen-bond donors (Lipinski definition) is 0. The van der Waals surface area contributed by atoms with E-state index in [1.807, 2.05) is 4.68 Å². The minimum absolute atomic E-state index is 0.473. The van der Waals surface area contributed by atoms with Gasteiger partial charge in [-0.1, -0.05) is 48.4 Å². The summed E-state index contributed by atoms with van der Waals surface area (Å²) in [4.78, 5) is 11.0. The molecule has 0 fully saturated rings. The second-order valence-corrected chi connectivity index (χ2v) is 4.79. The van der Waals surface area contributed by atoms with Gasteiger partial charge in [-0.05, 0) is 25.3 Å². The first-order valence-corrected chi connectivity index (χ1v) is 6.67. The van der Waals surface area contributed by atoms with Crippen LogP contribution in [-0.4, -0.2) is 21.3 Å². The van der Waals surface area contributed by atoms with Gasteiger partial charge in [-0.15, -0.1) is 5.10 Å². The Kier molecular flexibility index (Phi) is 4.44. The Hall–Kier alpha value is -1.97. The Morgan fingerprint density at radius 2 is 2.00 bits per heavy atom. The summed E-state index contributed by atoms with van der Waals surface area (Å²) in [6, 6.07) is 8.33. The topological polar surface area (TPSA) is 47.8 Å². The van der Waals surface area contributed by atoms with Crippen molar-refractivity contribution >= 4 is 6.29 Å². The Labute approximate surface area is 113 Å². The Bertz CT molecular complexity index is 543. The van der Waals surface area contributed by atoms with E-state index < -0.39 is 0 Å². The molecular weight excluding hydrogens is 238 g/mol. The molecule has 2 rings (SSSR count). The lowest BCUT2D eigenvalue weighted by atomic mass is 10.1. The van der Waals surface area contributed by atoms with Crippen molar-refractivity contribution in [1.82, 2.24) is 15.0 Å². The van der Waals surface area contributed by atoms with Gasteiger partial charge in [-0.25, -0.2) is 4.68 Å². The molecule has 1 heterocycles. The lowest BCUT2D eigenvalue weighted by molar-refractivity contribution is 0.111. The first kappa shape index (κ1) is 13.5. The second-order valence-electron chi connectivity index (χ2n) is 4.79. The zero-order valence-electron chi connectivity index (χ0n) is 11.5. The Morgan fingerprint density at radius 1 is 1.26 bits per heavy atom. The largest absolute Gasteiger partial charge is 0.296 e. The predicted molar refractivity (Wildman–Crippen MR) is 74.3 cm³/mol. The van der Waals surface area contributed by atoms with E-state index in [0.717, 1.165) is 31.2 Å². The molecule has 100 valence electrons. The molecule has 0 atom stereocenters. The van der Waals surface area contributed by atoms with Crippen LogP contribution in [0.1, 0.15) is 47.1 Å². The summed E-state index contributed by atoms with van der Waals surface area (Å²) in [6.07, 6.45) is 3.78. The molecule has 0 unspecified atom stereocenters. The highest BCUT2D eigenvalue weighted by Crippen LogP contribution is 2.11. The number of benzene rings is 1. The summed E-state index contributed by atoms with van der Waals surface area (Å²) in [6.45, 7) is 4.87. The van der Waals surface area contributed by atoms with Crippen LogP contribution >= 0.6 is 0 Å². The maximum atomic E-state index is 11.0. The summed E-state index contributed by atoms with van der Waals surface area (Å²) in [5, 5.41) is 8.04. The van der Waals surface area contributed by atoms with Gasteiger partial charge in [0.15, 0.2) is 6.29 Å². The second kappa shape index (κ2) is 6.27. The molecule has 0 radical (unpaired) electrons. The number of carbonyl (C=O) groups excluding carboxylic acids is 1. The van der Waals surface area contributed by atoms with Gasteiger partial charge in [-0.3, -0.25) is 4.79 Å². The van der Waals surface area contributed by atoms with Crippen molar-refractivity contribution in [2.75, 3.05) is 0 Å². The number of aromatic nitrogens is 3. The molecular formula is C15H19N3O. The molecule has 0 bridgehead atoms. The van der Waals surface area contributed by atoms with Crippen molar-refractivity contribution in [2.45, 2.75) is 39.7 Å². The van der Waals surface area contributed by atoms with E-state index in [9.17, 15) is 4.79 Å². The highest BCUT2D eigenvalue weighted by Gasteiger charge is 2.11. The van der Waals surface area contributed by atoms with Crippen molar-refractivity contribution in [3.63, 3.8) is 0 Å². The number of aryl methyl sites for hydroxylation is 1. The summed E-state index contributed by atoms with van der Waals surface area (Å²) in [5.74, 6) is 0. The SMILES string of the molecule is CCCCc1c(C=O)nnn1Cc1ccc(C)cc1. The molecule has 1 aromatic heterocycles. The molecule has 2 aromatic rings. The van der Waals surface area contributed by atoms with Gasteiger partial charge in [0, 0.05) is 0 Å². The van der Waals surface area contributed by atoms with Crippen molar-refractivity contribution in [1.29, 1.82) is 0 Å². The molecule has 0 amide bonds. The van der Waals surface area contributed by atoms with Crippen molar-refractivity contribution in [2.24, 2.45) is 0 Å². The smallest absolute Gasteiger partial charge is 0.172 e. The molecule has 19 heavy (non-hydrogen) atoms. The van der Waals surface area contributed by atoms with Crippen LogP contribution in [0, 0.1) is 6.92 Å². The van der Waals surface area contributed by atoms with Gasteiger partial charge in [0.05, 0.1) is 12.2 Å². The van der Waals surface area contributed by atoms with Gasteiger partial charge < -0.3 is 0 Å². The van der Waals surface area contributed by atoms with Crippen LogP contribution in [0.2, 0.25) is 0 Å². The fourth-order valence-corrected chi connectivity index (χ4v) is 2.03. The van der Waals surface area contributed by atoms with E-state index in [-0.39, 0.29) is 0 Å². The molecule has 0 spiro atoms. The maximum absolute atomic E-state index is 11.0. The van der Waals surface area contributed by atoms with Crippen LogP contribution in [0.4, 0.5) is 0 Å². The summed E-state index contributed by atoms with van der Waals surface area (Å²) in [5.41, 5.74) is 3.82. The average molecular weight is 257 g/mol. The first-order valence-electron chi connectivity index (χ1n) is 6.67. The van der Waals surface area contributed by atoms with Crippen molar-refractivity contribution in [3.8, 4) is 0 Å². The molecule has 1 aromatic carbocycles. The number of nitrogens with zero attached hydrogens (tertiary/aromatic N) is 3. The minimum atomic E-state index is 0.473. The summed E-state index contributed by atoms with van der Waals surface area (Å²) in [7, 11) is 0. The lowest BCUT2D eigenvalue weighted by Crippen LogP contribution is -2.07. The average Bonchev–Trinajstić information content (AvgIpc) is 2.81. The van der Waals surface area contributed by atoms with E-state index >= 15 is 0 Å². The number of carbonyl (C=O) groups is 1. The molecule has 0 N–H and O–H groups in total. The third-order valence-electron chi connectivity index (χ3n) is 3.20. The highest BCUT2D eigenvalue weighted by atomic mass is 16.1. The molecule has 0 saturated heterocycles. The molecule has 0 aliphatic rings. The van der Waals surface area contributed by atoms with Gasteiger partial charge in [0.25, 0.3) is 0 Å². The number of rotatable bonds is 6. The monoisotopic (exact) mass is 257 g/mol. The molecule has 0 saturated carbocycles. The maximum Gasteiger partial charge on any atom is 0.172 e. The lowest BCUT2D eigenvalue weighted by Gasteiger charge is -2.07. The van der Waals surface area contributed by atoms with E-state index in [4.69, 9.17) is 0 Å². The third-order valence-corrected chi connectivity index (χ3v) is 3.20. The fourth-order valence-electron chi connectivity index (χ4n) is 2.03. The van der Waals surface area contributed by atoms with Crippen LogP contribution in [0.25, 0.3) is 0 Å². The van der Waals surface area contributed by atoms with Crippen LogP contribution in [0.15, 0.2) is 24.3 Å². The number of unbranched alkanes of at least 4 members (excludes halogenated alkanes) is 1. The van der Waals surface area contributed by atoms with E-state index in [0.29, 0.717) is 12.2 Å². The quantitative estimate of drug-likeness (QED) is 0.748. The molecule has 0 aliphatic carbocycles. The zero-order chi connectivity index (χ0) is 13.7. The predicted octanol–water partition coefficient (Wildman–Crippen LogP) is 2.79. The van der Waals surface area contributed by atoms with Gasteiger partial charge in [0.1, 0.15) is 5.69 Å². The van der Waals surface area contributed by atoms with Crippen molar-refractivity contribution in [3.05, 3.63) is 46.8 Å². The first-order chi connectivity index (χ1) is 9.24. The van der Waals surface area contributed by atoms with Crippen LogP contribution in [-0.2, 0) is 13.0 Å². The standard InChI is InChI=1S/C15H19N3O/c1-3-4-5-15-14(11-19)16-17-18(15)10-13-8-6-12(2)7-9-13/h6-9,11H,3-5,10H2,1-2H3. The van der Waals surface area contributed by atoms with Gasteiger partial charge >= 0.3 is 0 Å². The van der Waals surface area contributed by atoms with E-state index in [2.05, 4.69) is 48.4 Å². The Morgan fingerprint density at radius 3 is 2.63 bits per heavy atom. The molecule has 0 aliphatic heterocycles. The number of hydrogen-bond acceptors (Lipinski definition) is 3. The highest BCUT2D eigenvalue weighted by molar-refractivity contribution is 5.73. The summed E-state index contributed by atoms with van der Waals surface area (Å²) >= 11 is 0. The molecule has 4 nitrogen and oxygen atoms in total. The van der Waals surface area contributed by atoms with Crippen LogP contribution in [0.3, 0.4) is 0 Å². The van der Waals surface area contributed by atoms with Crippen LogP contribution < -0.4 is 0 Å². The van der Waals surface area contributed by atoms with Crippen molar-refractivity contribution < 1.29 is 4.79 Å². The van der Waals surface area contributed by atoms with E-state index in [1.165, 1.54) is 11.1 Å². The Balaban J connectivity index is 2.21. The third kappa shape index (κ3) is 3.28. The number of aldehydes is 1.